The molecule has 1 aliphatic rings. The zero-order valence-corrected chi connectivity index (χ0v) is 13.1. The van der Waals surface area contributed by atoms with E-state index in [2.05, 4.69) is 18.7 Å². The van der Waals surface area contributed by atoms with Crippen LogP contribution in [0.15, 0.2) is 29.2 Å². The standard InChI is InChI=1S/C15H23NO3S/c1-11-10-16(9-8-15(11)17)12(2)13-4-6-14(7-5-13)20(3,18)19/h4-7,11-12,15,17H,8-10H2,1-3H3/t11-,12-,15-/m1/s1. The molecule has 0 bridgehead atoms. The van der Waals surface area contributed by atoms with Crippen molar-refractivity contribution < 1.29 is 13.5 Å². The van der Waals surface area contributed by atoms with Crippen LogP contribution >= 0.6 is 0 Å². The first kappa shape index (κ1) is 15.5. The topological polar surface area (TPSA) is 57.6 Å². The molecule has 1 fully saturated rings. The quantitative estimate of drug-likeness (QED) is 0.925. The van der Waals surface area contributed by atoms with Gasteiger partial charge < -0.3 is 5.11 Å². The van der Waals surface area contributed by atoms with Gasteiger partial charge in [-0.3, -0.25) is 4.90 Å². The van der Waals surface area contributed by atoms with Crippen molar-refractivity contribution in [1.82, 2.24) is 4.90 Å². The van der Waals surface area contributed by atoms with E-state index in [1.807, 2.05) is 12.1 Å². The minimum Gasteiger partial charge on any atom is -0.393 e. The van der Waals surface area contributed by atoms with E-state index in [-0.39, 0.29) is 18.1 Å². The maximum Gasteiger partial charge on any atom is 0.175 e. The second-order valence-electron chi connectivity index (χ2n) is 5.85. The Bertz CT molecular complexity index is 553. The molecule has 1 aliphatic heterocycles. The predicted molar refractivity (Wildman–Crippen MR) is 79.3 cm³/mol. The van der Waals surface area contributed by atoms with E-state index in [1.54, 1.807) is 12.1 Å². The molecule has 1 heterocycles. The molecule has 0 unspecified atom stereocenters. The van der Waals surface area contributed by atoms with Crippen LogP contribution in [-0.2, 0) is 9.84 Å². The third kappa shape index (κ3) is 3.40. The van der Waals surface area contributed by atoms with Gasteiger partial charge in [-0.1, -0.05) is 19.1 Å². The SMILES string of the molecule is C[C@@H]1CN([C@H](C)c2ccc(S(C)(=O)=O)cc2)CC[C@H]1O. The van der Waals surface area contributed by atoms with E-state index in [1.165, 1.54) is 6.26 Å². The smallest absolute Gasteiger partial charge is 0.175 e. The van der Waals surface area contributed by atoms with Crippen LogP contribution in [-0.4, -0.2) is 43.9 Å². The highest BCUT2D eigenvalue weighted by Crippen LogP contribution is 2.27. The summed E-state index contributed by atoms with van der Waals surface area (Å²) in [5, 5.41) is 9.78. The summed E-state index contributed by atoms with van der Waals surface area (Å²) in [6.07, 6.45) is 1.82. The predicted octanol–water partition coefficient (Wildman–Crippen LogP) is 1.85. The van der Waals surface area contributed by atoms with E-state index in [0.29, 0.717) is 4.90 Å². The molecule has 3 atom stereocenters. The normalized spacial score (nSPS) is 26.4. The molecule has 20 heavy (non-hydrogen) atoms. The average Bonchev–Trinajstić information content (AvgIpc) is 2.40. The van der Waals surface area contributed by atoms with Gasteiger partial charge in [-0.25, -0.2) is 8.42 Å². The Labute approximate surface area is 121 Å². The molecular weight excluding hydrogens is 274 g/mol. The highest BCUT2D eigenvalue weighted by molar-refractivity contribution is 7.90. The number of likely N-dealkylation sites (tertiary alicyclic amines) is 1. The van der Waals surface area contributed by atoms with Crippen molar-refractivity contribution in [3.8, 4) is 0 Å². The molecule has 0 amide bonds. The number of nitrogens with zero attached hydrogens (tertiary/aromatic N) is 1. The van der Waals surface area contributed by atoms with E-state index < -0.39 is 9.84 Å². The van der Waals surface area contributed by atoms with Gasteiger partial charge in [0.25, 0.3) is 0 Å². The Hall–Kier alpha value is -0.910. The highest BCUT2D eigenvalue weighted by Gasteiger charge is 2.27. The second-order valence-corrected chi connectivity index (χ2v) is 7.86. The molecule has 0 radical (unpaired) electrons. The first-order valence-electron chi connectivity index (χ1n) is 7.01. The van der Waals surface area contributed by atoms with Gasteiger partial charge in [0.05, 0.1) is 11.0 Å². The molecule has 4 nitrogen and oxygen atoms in total. The lowest BCUT2D eigenvalue weighted by molar-refractivity contribution is 0.0199. The number of aliphatic hydroxyl groups is 1. The average molecular weight is 297 g/mol. The Morgan fingerprint density at radius 1 is 1.30 bits per heavy atom. The largest absolute Gasteiger partial charge is 0.393 e. The third-order valence-corrected chi connectivity index (χ3v) is 5.36. The number of hydrogen-bond acceptors (Lipinski definition) is 4. The molecule has 1 aromatic carbocycles. The van der Waals surface area contributed by atoms with Crippen LogP contribution in [0.2, 0.25) is 0 Å². The van der Waals surface area contributed by atoms with Crippen LogP contribution in [0.5, 0.6) is 0 Å². The first-order valence-corrected chi connectivity index (χ1v) is 8.90. The fourth-order valence-corrected chi connectivity index (χ4v) is 3.35. The van der Waals surface area contributed by atoms with Crippen molar-refractivity contribution in [2.24, 2.45) is 5.92 Å². The number of sulfone groups is 1. The summed E-state index contributed by atoms with van der Waals surface area (Å²) in [6.45, 7) is 5.94. The summed E-state index contributed by atoms with van der Waals surface area (Å²) in [7, 11) is -3.13. The van der Waals surface area contributed by atoms with Gasteiger partial charge >= 0.3 is 0 Å². The van der Waals surface area contributed by atoms with Crippen LogP contribution in [0.3, 0.4) is 0 Å². The number of hydrogen-bond donors (Lipinski definition) is 1. The molecule has 0 spiro atoms. The fraction of sp³-hybridized carbons (Fsp3) is 0.600. The van der Waals surface area contributed by atoms with Crippen LogP contribution < -0.4 is 0 Å². The summed E-state index contributed by atoms with van der Waals surface area (Å²) in [5.41, 5.74) is 1.11. The minimum atomic E-state index is -3.13. The molecule has 112 valence electrons. The van der Waals surface area contributed by atoms with Gasteiger partial charge in [0, 0.05) is 25.4 Å². The van der Waals surface area contributed by atoms with Crippen molar-refractivity contribution in [3.63, 3.8) is 0 Å². The van der Waals surface area contributed by atoms with Gasteiger partial charge in [-0.2, -0.15) is 0 Å². The highest BCUT2D eigenvalue weighted by atomic mass is 32.2. The van der Waals surface area contributed by atoms with Crippen molar-refractivity contribution in [2.45, 2.75) is 37.3 Å². The van der Waals surface area contributed by atoms with E-state index in [9.17, 15) is 13.5 Å². The van der Waals surface area contributed by atoms with Crippen LogP contribution in [0.4, 0.5) is 0 Å². The summed E-state index contributed by atoms with van der Waals surface area (Å²) < 4.78 is 22.9. The Kier molecular flexibility index (Phi) is 4.52. The molecule has 2 rings (SSSR count). The summed E-state index contributed by atoms with van der Waals surface area (Å²) in [5.74, 6) is 0.279. The summed E-state index contributed by atoms with van der Waals surface area (Å²) in [6, 6.07) is 7.35. The first-order chi connectivity index (χ1) is 9.29. The van der Waals surface area contributed by atoms with Crippen molar-refractivity contribution >= 4 is 9.84 Å². The molecule has 1 aromatic rings. The van der Waals surface area contributed by atoms with Crippen molar-refractivity contribution in [2.75, 3.05) is 19.3 Å². The Morgan fingerprint density at radius 3 is 2.40 bits per heavy atom. The molecule has 0 aromatic heterocycles. The molecule has 0 aliphatic carbocycles. The van der Waals surface area contributed by atoms with Gasteiger partial charge in [0.2, 0.25) is 0 Å². The minimum absolute atomic E-state index is 0.203. The lowest BCUT2D eigenvalue weighted by Crippen LogP contribution is -2.42. The van der Waals surface area contributed by atoms with Crippen LogP contribution in [0.25, 0.3) is 0 Å². The lowest BCUT2D eigenvalue weighted by Gasteiger charge is -2.38. The number of piperidine rings is 1. The van der Waals surface area contributed by atoms with Crippen LogP contribution in [0.1, 0.15) is 31.9 Å². The number of benzene rings is 1. The molecular formula is C15H23NO3S. The Morgan fingerprint density at radius 2 is 1.90 bits per heavy atom. The van der Waals surface area contributed by atoms with Gasteiger partial charge in [0.15, 0.2) is 9.84 Å². The molecule has 1 N–H and O–H groups in total. The van der Waals surface area contributed by atoms with Gasteiger partial charge in [0.1, 0.15) is 0 Å². The van der Waals surface area contributed by atoms with E-state index in [0.717, 1.165) is 25.1 Å². The second kappa shape index (κ2) is 5.84. The molecule has 5 heteroatoms. The van der Waals surface area contributed by atoms with Crippen molar-refractivity contribution in [3.05, 3.63) is 29.8 Å². The summed E-state index contributed by atoms with van der Waals surface area (Å²) in [4.78, 5) is 2.70. The van der Waals surface area contributed by atoms with E-state index in [4.69, 9.17) is 0 Å². The third-order valence-electron chi connectivity index (χ3n) is 4.23. The summed E-state index contributed by atoms with van der Waals surface area (Å²) >= 11 is 0. The van der Waals surface area contributed by atoms with Gasteiger partial charge in [-0.15, -0.1) is 0 Å². The zero-order valence-electron chi connectivity index (χ0n) is 12.3. The van der Waals surface area contributed by atoms with Crippen molar-refractivity contribution in [1.29, 1.82) is 0 Å². The molecule has 0 saturated carbocycles. The maximum absolute atomic E-state index is 11.5. The lowest BCUT2D eigenvalue weighted by atomic mass is 9.94. The van der Waals surface area contributed by atoms with Gasteiger partial charge in [-0.05, 0) is 37.0 Å². The monoisotopic (exact) mass is 297 g/mol. The maximum atomic E-state index is 11.5. The number of aliphatic hydroxyl groups excluding tert-OH is 1. The van der Waals surface area contributed by atoms with E-state index >= 15 is 0 Å². The number of rotatable bonds is 3. The fourth-order valence-electron chi connectivity index (χ4n) is 2.72. The Balaban J connectivity index is 2.11. The zero-order chi connectivity index (χ0) is 14.9. The van der Waals surface area contributed by atoms with Crippen LogP contribution in [0, 0.1) is 5.92 Å². The molecule has 1 saturated heterocycles.